The molecule has 0 radical (unpaired) electrons. The van der Waals surface area contributed by atoms with E-state index in [2.05, 4.69) is 17.6 Å². The first kappa shape index (κ1) is 11.3. The van der Waals surface area contributed by atoms with E-state index < -0.39 is 0 Å². The summed E-state index contributed by atoms with van der Waals surface area (Å²) in [5, 5.41) is 5.72. The SMILES string of the molecule is CC(CN)CCCNC(=O)NC1CC1. The van der Waals surface area contributed by atoms with Crippen LogP contribution < -0.4 is 16.4 Å². The van der Waals surface area contributed by atoms with Gasteiger partial charge in [0.25, 0.3) is 0 Å². The average Bonchev–Trinajstić information content (AvgIpc) is 2.95. The maximum atomic E-state index is 11.2. The Morgan fingerprint density at radius 3 is 2.86 bits per heavy atom. The third-order valence-corrected chi connectivity index (χ3v) is 2.47. The highest BCUT2D eigenvalue weighted by Gasteiger charge is 2.22. The number of urea groups is 1. The lowest BCUT2D eigenvalue weighted by atomic mass is 10.1. The minimum absolute atomic E-state index is 0.0205. The monoisotopic (exact) mass is 199 g/mol. The first-order chi connectivity index (χ1) is 6.72. The second kappa shape index (κ2) is 5.86. The zero-order valence-corrected chi connectivity index (χ0v) is 8.88. The van der Waals surface area contributed by atoms with Crippen LogP contribution in [0.25, 0.3) is 0 Å². The topological polar surface area (TPSA) is 67.1 Å². The van der Waals surface area contributed by atoms with Crippen molar-refractivity contribution >= 4 is 6.03 Å². The molecule has 1 fully saturated rings. The Kier molecular flexibility index (Phi) is 4.73. The molecule has 0 aliphatic heterocycles. The second-order valence-electron chi connectivity index (χ2n) is 4.16. The van der Waals surface area contributed by atoms with Crippen LogP contribution in [0.2, 0.25) is 0 Å². The van der Waals surface area contributed by atoms with Crippen LogP contribution in [0.3, 0.4) is 0 Å². The molecular formula is C10H21N3O. The van der Waals surface area contributed by atoms with Gasteiger partial charge in [-0.15, -0.1) is 0 Å². The number of hydrogen-bond donors (Lipinski definition) is 3. The van der Waals surface area contributed by atoms with Crippen molar-refractivity contribution in [3.05, 3.63) is 0 Å². The van der Waals surface area contributed by atoms with Gasteiger partial charge in [-0.1, -0.05) is 6.92 Å². The van der Waals surface area contributed by atoms with Crippen molar-refractivity contribution in [3.8, 4) is 0 Å². The normalized spacial score (nSPS) is 17.6. The van der Waals surface area contributed by atoms with Crippen LogP contribution in [0, 0.1) is 5.92 Å². The summed E-state index contributed by atoms with van der Waals surface area (Å²) in [7, 11) is 0. The molecule has 4 heteroatoms. The summed E-state index contributed by atoms with van der Waals surface area (Å²) in [5.74, 6) is 0.559. The average molecular weight is 199 g/mol. The molecule has 0 aromatic heterocycles. The second-order valence-corrected chi connectivity index (χ2v) is 4.16. The Morgan fingerprint density at radius 1 is 1.57 bits per heavy atom. The van der Waals surface area contributed by atoms with E-state index in [0.717, 1.165) is 38.8 Å². The van der Waals surface area contributed by atoms with Gasteiger partial charge in [-0.05, 0) is 38.1 Å². The number of carbonyl (C=O) groups is 1. The van der Waals surface area contributed by atoms with Gasteiger partial charge in [0.15, 0.2) is 0 Å². The van der Waals surface area contributed by atoms with Crippen molar-refractivity contribution in [2.24, 2.45) is 11.7 Å². The van der Waals surface area contributed by atoms with Gasteiger partial charge in [-0.3, -0.25) is 0 Å². The van der Waals surface area contributed by atoms with Crippen molar-refractivity contribution in [1.29, 1.82) is 0 Å². The van der Waals surface area contributed by atoms with Crippen LogP contribution in [0.5, 0.6) is 0 Å². The van der Waals surface area contributed by atoms with E-state index in [1.54, 1.807) is 0 Å². The molecule has 4 nitrogen and oxygen atoms in total. The van der Waals surface area contributed by atoms with E-state index in [-0.39, 0.29) is 6.03 Å². The third-order valence-electron chi connectivity index (χ3n) is 2.47. The smallest absolute Gasteiger partial charge is 0.315 e. The largest absolute Gasteiger partial charge is 0.338 e. The van der Waals surface area contributed by atoms with Crippen molar-refractivity contribution in [3.63, 3.8) is 0 Å². The molecule has 1 aliphatic carbocycles. The Morgan fingerprint density at radius 2 is 2.29 bits per heavy atom. The first-order valence-electron chi connectivity index (χ1n) is 5.46. The van der Waals surface area contributed by atoms with Gasteiger partial charge in [0.05, 0.1) is 0 Å². The molecule has 0 aromatic rings. The molecule has 4 N–H and O–H groups in total. The van der Waals surface area contributed by atoms with E-state index in [0.29, 0.717) is 12.0 Å². The fourth-order valence-electron chi connectivity index (χ4n) is 1.23. The summed E-state index contributed by atoms with van der Waals surface area (Å²) >= 11 is 0. The predicted molar refractivity (Wildman–Crippen MR) is 57.0 cm³/mol. The van der Waals surface area contributed by atoms with Gasteiger partial charge >= 0.3 is 6.03 Å². The van der Waals surface area contributed by atoms with E-state index >= 15 is 0 Å². The number of hydrogen-bond acceptors (Lipinski definition) is 2. The maximum Gasteiger partial charge on any atom is 0.315 e. The third kappa shape index (κ3) is 5.07. The van der Waals surface area contributed by atoms with Crippen LogP contribution in [0.15, 0.2) is 0 Å². The molecule has 82 valence electrons. The summed E-state index contributed by atoms with van der Waals surface area (Å²) < 4.78 is 0. The van der Waals surface area contributed by atoms with E-state index in [9.17, 15) is 4.79 Å². The Hall–Kier alpha value is -0.770. The minimum atomic E-state index is -0.0205. The molecule has 0 spiro atoms. The Balaban J connectivity index is 1.89. The predicted octanol–water partition coefficient (Wildman–Crippen LogP) is 0.823. The summed E-state index contributed by atoms with van der Waals surface area (Å²) in [4.78, 5) is 11.2. The number of rotatable bonds is 6. The summed E-state index contributed by atoms with van der Waals surface area (Å²) in [6, 6.07) is 0.422. The number of nitrogens with two attached hydrogens (primary N) is 1. The molecule has 0 heterocycles. The maximum absolute atomic E-state index is 11.2. The molecule has 1 atom stereocenters. The van der Waals surface area contributed by atoms with Gasteiger partial charge in [-0.25, -0.2) is 4.79 Å². The number of carbonyl (C=O) groups excluding carboxylic acids is 1. The molecule has 14 heavy (non-hydrogen) atoms. The first-order valence-corrected chi connectivity index (χ1v) is 5.46. The fourth-order valence-corrected chi connectivity index (χ4v) is 1.23. The quantitative estimate of drug-likeness (QED) is 0.554. The molecule has 1 saturated carbocycles. The lowest BCUT2D eigenvalue weighted by molar-refractivity contribution is 0.240. The van der Waals surface area contributed by atoms with Gasteiger partial charge in [-0.2, -0.15) is 0 Å². The highest BCUT2D eigenvalue weighted by Crippen LogP contribution is 2.18. The molecule has 0 bridgehead atoms. The molecule has 1 aliphatic rings. The Labute approximate surface area is 85.6 Å². The summed E-state index contributed by atoms with van der Waals surface area (Å²) in [6.45, 7) is 3.61. The standard InChI is InChI=1S/C10H21N3O/c1-8(7-11)3-2-6-12-10(14)13-9-4-5-9/h8-9H,2-7,11H2,1H3,(H2,12,13,14). The summed E-state index contributed by atoms with van der Waals surface area (Å²) in [6.07, 6.45) is 4.37. The van der Waals surface area contributed by atoms with Gasteiger partial charge in [0, 0.05) is 12.6 Å². The van der Waals surface area contributed by atoms with Crippen molar-refractivity contribution < 1.29 is 4.79 Å². The minimum Gasteiger partial charge on any atom is -0.338 e. The highest BCUT2D eigenvalue weighted by atomic mass is 16.2. The van der Waals surface area contributed by atoms with Crippen LogP contribution in [-0.4, -0.2) is 25.2 Å². The zero-order valence-electron chi connectivity index (χ0n) is 8.88. The van der Waals surface area contributed by atoms with Crippen LogP contribution in [0.1, 0.15) is 32.6 Å². The van der Waals surface area contributed by atoms with Crippen LogP contribution >= 0.6 is 0 Å². The van der Waals surface area contributed by atoms with E-state index in [1.165, 1.54) is 0 Å². The van der Waals surface area contributed by atoms with Gasteiger partial charge < -0.3 is 16.4 Å². The molecule has 2 amide bonds. The molecule has 1 unspecified atom stereocenters. The van der Waals surface area contributed by atoms with Crippen LogP contribution in [0.4, 0.5) is 4.79 Å². The van der Waals surface area contributed by atoms with Crippen molar-refractivity contribution in [2.45, 2.75) is 38.6 Å². The van der Waals surface area contributed by atoms with Crippen LogP contribution in [-0.2, 0) is 0 Å². The molecule has 0 saturated heterocycles. The number of nitrogens with one attached hydrogen (secondary N) is 2. The number of amides is 2. The molecule has 1 rings (SSSR count). The lowest BCUT2D eigenvalue weighted by Crippen LogP contribution is -2.37. The van der Waals surface area contributed by atoms with Gasteiger partial charge in [0.1, 0.15) is 0 Å². The van der Waals surface area contributed by atoms with Crippen molar-refractivity contribution in [1.82, 2.24) is 10.6 Å². The molecular weight excluding hydrogens is 178 g/mol. The zero-order chi connectivity index (χ0) is 10.4. The highest BCUT2D eigenvalue weighted by molar-refractivity contribution is 5.74. The lowest BCUT2D eigenvalue weighted by Gasteiger charge is -2.09. The fraction of sp³-hybridized carbons (Fsp3) is 0.900. The van der Waals surface area contributed by atoms with E-state index in [4.69, 9.17) is 5.73 Å². The summed E-state index contributed by atoms with van der Waals surface area (Å²) in [5.41, 5.74) is 5.49. The van der Waals surface area contributed by atoms with Gasteiger partial charge in [0.2, 0.25) is 0 Å². The van der Waals surface area contributed by atoms with Crippen molar-refractivity contribution in [2.75, 3.05) is 13.1 Å². The Bertz CT molecular complexity index is 180. The van der Waals surface area contributed by atoms with E-state index in [1.807, 2.05) is 0 Å². The molecule has 0 aromatic carbocycles.